The maximum atomic E-state index is 5.33. The fourth-order valence-electron chi connectivity index (χ4n) is 1.79. The van der Waals surface area contributed by atoms with Gasteiger partial charge in [-0.3, -0.25) is 0 Å². The van der Waals surface area contributed by atoms with E-state index in [2.05, 4.69) is 22.6 Å². The zero-order valence-corrected chi connectivity index (χ0v) is 9.98. The fourth-order valence-corrected chi connectivity index (χ4v) is 2.44. The monoisotopic (exact) mass is 226 g/mol. The third-order valence-corrected chi connectivity index (χ3v) is 3.50. The molecule has 1 N–H and O–H groups in total. The van der Waals surface area contributed by atoms with Crippen molar-refractivity contribution in [3.8, 4) is 0 Å². The number of aryl methyl sites for hydroxylation is 1. The summed E-state index contributed by atoms with van der Waals surface area (Å²) < 4.78 is 5.33. The van der Waals surface area contributed by atoms with Crippen molar-refractivity contribution in [1.82, 2.24) is 10.3 Å². The fraction of sp³-hybridized carbons (Fsp3) is 0.727. The van der Waals surface area contributed by atoms with Crippen LogP contribution in [0.2, 0.25) is 0 Å². The second-order valence-electron chi connectivity index (χ2n) is 4.04. The smallest absolute Gasteiger partial charge is 0.0897 e. The summed E-state index contributed by atoms with van der Waals surface area (Å²) in [6.45, 7) is 6.04. The summed E-state index contributed by atoms with van der Waals surface area (Å²) in [5, 5.41) is 6.78. The predicted octanol–water partition coefficient (Wildman–Crippen LogP) is 1.62. The molecule has 0 bridgehead atoms. The van der Waals surface area contributed by atoms with E-state index in [4.69, 9.17) is 4.74 Å². The van der Waals surface area contributed by atoms with Gasteiger partial charge in [-0.05, 0) is 19.3 Å². The first kappa shape index (κ1) is 11.0. The number of rotatable bonds is 5. The van der Waals surface area contributed by atoms with Crippen molar-refractivity contribution in [2.45, 2.75) is 19.8 Å². The third-order valence-electron chi connectivity index (χ3n) is 2.68. The van der Waals surface area contributed by atoms with E-state index in [1.165, 1.54) is 12.1 Å². The summed E-state index contributed by atoms with van der Waals surface area (Å²) in [5.41, 5.74) is 1.22. The maximum absolute atomic E-state index is 5.33. The molecule has 1 aliphatic rings. The van der Waals surface area contributed by atoms with E-state index in [0.717, 1.165) is 43.6 Å². The van der Waals surface area contributed by atoms with Gasteiger partial charge in [0, 0.05) is 31.5 Å². The Hall–Kier alpha value is -0.450. The van der Waals surface area contributed by atoms with Crippen LogP contribution in [-0.4, -0.2) is 31.3 Å². The van der Waals surface area contributed by atoms with Crippen molar-refractivity contribution in [3.63, 3.8) is 0 Å². The molecule has 1 aliphatic heterocycles. The minimum Gasteiger partial charge on any atom is -0.381 e. The van der Waals surface area contributed by atoms with Crippen molar-refractivity contribution < 1.29 is 4.74 Å². The molecule has 1 atom stereocenters. The van der Waals surface area contributed by atoms with Gasteiger partial charge in [0.15, 0.2) is 0 Å². The number of hydrogen-bond donors (Lipinski definition) is 1. The van der Waals surface area contributed by atoms with E-state index in [-0.39, 0.29) is 0 Å². The molecule has 1 aromatic rings. The van der Waals surface area contributed by atoms with E-state index in [1.54, 1.807) is 11.3 Å². The number of ether oxygens (including phenoxy) is 1. The second kappa shape index (κ2) is 5.58. The Kier molecular flexibility index (Phi) is 4.11. The summed E-state index contributed by atoms with van der Waals surface area (Å²) in [5.74, 6) is 0.724. The maximum Gasteiger partial charge on any atom is 0.0897 e. The Morgan fingerprint density at radius 3 is 3.27 bits per heavy atom. The lowest BCUT2D eigenvalue weighted by molar-refractivity contribution is 0.185. The largest absolute Gasteiger partial charge is 0.381 e. The molecule has 0 aromatic carbocycles. The van der Waals surface area contributed by atoms with E-state index in [9.17, 15) is 0 Å². The Morgan fingerprint density at radius 2 is 2.60 bits per heavy atom. The van der Waals surface area contributed by atoms with Gasteiger partial charge in [-0.25, -0.2) is 4.98 Å². The molecule has 15 heavy (non-hydrogen) atoms. The average Bonchev–Trinajstić information content (AvgIpc) is 2.84. The minimum absolute atomic E-state index is 0.724. The van der Waals surface area contributed by atoms with Gasteiger partial charge in [0.2, 0.25) is 0 Å². The Balaban J connectivity index is 1.58. The van der Waals surface area contributed by atoms with Crippen molar-refractivity contribution in [2.75, 3.05) is 26.3 Å². The lowest BCUT2D eigenvalue weighted by Gasteiger charge is -2.08. The summed E-state index contributed by atoms with van der Waals surface area (Å²) in [4.78, 5) is 4.43. The number of nitrogens with zero attached hydrogens (tertiary/aromatic N) is 1. The highest BCUT2D eigenvalue weighted by atomic mass is 32.1. The molecule has 1 saturated heterocycles. The Bertz CT molecular complexity index is 295. The molecular formula is C11H18N2OS. The molecule has 0 saturated carbocycles. The molecule has 2 rings (SSSR count). The molecule has 84 valence electrons. The number of aromatic nitrogens is 1. The Morgan fingerprint density at radius 1 is 1.67 bits per heavy atom. The standard InChI is InChI=1S/C11H18N2OS/c1-9-13-11(8-15-9)2-4-12-6-10-3-5-14-7-10/h8,10,12H,2-7H2,1H3. The first-order chi connectivity index (χ1) is 7.34. The first-order valence-electron chi connectivity index (χ1n) is 5.54. The van der Waals surface area contributed by atoms with Gasteiger partial charge in [0.25, 0.3) is 0 Å². The second-order valence-corrected chi connectivity index (χ2v) is 5.10. The van der Waals surface area contributed by atoms with Crippen molar-refractivity contribution in [2.24, 2.45) is 5.92 Å². The van der Waals surface area contributed by atoms with E-state index < -0.39 is 0 Å². The van der Waals surface area contributed by atoms with E-state index in [1.807, 2.05) is 0 Å². The van der Waals surface area contributed by atoms with Crippen molar-refractivity contribution in [1.29, 1.82) is 0 Å². The zero-order chi connectivity index (χ0) is 10.5. The molecule has 0 radical (unpaired) electrons. The summed E-state index contributed by atoms with van der Waals surface area (Å²) in [6.07, 6.45) is 2.25. The Labute approximate surface area is 94.9 Å². The van der Waals surface area contributed by atoms with Gasteiger partial charge in [-0.1, -0.05) is 0 Å². The van der Waals surface area contributed by atoms with Crippen LogP contribution in [0.25, 0.3) is 0 Å². The van der Waals surface area contributed by atoms with Gasteiger partial charge in [0.1, 0.15) is 0 Å². The molecule has 1 aromatic heterocycles. The van der Waals surface area contributed by atoms with Gasteiger partial charge < -0.3 is 10.1 Å². The molecule has 1 fully saturated rings. The van der Waals surface area contributed by atoms with Crippen molar-refractivity contribution >= 4 is 11.3 Å². The summed E-state index contributed by atoms with van der Waals surface area (Å²) >= 11 is 1.73. The van der Waals surface area contributed by atoms with E-state index in [0.29, 0.717) is 0 Å². The summed E-state index contributed by atoms with van der Waals surface area (Å²) in [7, 11) is 0. The first-order valence-corrected chi connectivity index (χ1v) is 6.42. The summed E-state index contributed by atoms with van der Waals surface area (Å²) in [6, 6.07) is 0. The predicted molar refractivity (Wildman–Crippen MR) is 62.4 cm³/mol. The van der Waals surface area contributed by atoms with Gasteiger partial charge in [0.05, 0.1) is 17.3 Å². The number of hydrogen-bond acceptors (Lipinski definition) is 4. The number of thiazole rings is 1. The topological polar surface area (TPSA) is 34.2 Å². The van der Waals surface area contributed by atoms with Gasteiger partial charge in [-0.2, -0.15) is 0 Å². The highest BCUT2D eigenvalue weighted by Gasteiger charge is 2.14. The van der Waals surface area contributed by atoms with Gasteiger partial charge >= 0.3 is 0 Å². The van der Waals surface area contributed by atoms with Crippen LogP contribution in [0.15, 0.2) is 5.38 Å². The molecule has 3 nitrogen and oxygen atoms in total. The third kappa shape index (κ3) is 3.55. The lowest BCUT2D eigenvalue weighted by atomic mass is 10.1. The minimum atomic E-state index is 0.724. The average molecular weight is 226 g/mol. The molecule has 4 heteroatoms. The molecule has 0 aliphatic carbocycles. The quantitative estimate of drug-likeness (QED) is 0.775. The highest BCUT2D eigenvalue weighted by Crippen LogP contribution is 2.11. The van der Waals surface area contributed by atoms with Crippen LogP contribution in [0, 0.1) is 12.8 Å². The number of nitrogens with one attached hydrogen (secondary N) is 1. The molecule has 0 amide bonds. The highest BCUT2D eigenvalue weighted by molar-refractivity contribution is 7.09. The van der Waals surface area contributed by atoms with Crippen LogP contribution in [0.4, 0.5) is 0 Å². The van der Waals surface area contributed by atoms with Crippen molar-refractivity contribution in [3.05, 3.63) is 16.1 Å². The van der Waals surface area contributed by atoms with Crippen LogP contribution in [0.3, 0.4) is 0 Å². The molecular weight excluding hydrogens is 208 g/mol. The van der Waals surface area contributed by atoms with Crippen LogP contribution >= 0.6 is 11.3 Å². The van der Waals surface area contributed by atoms with Gasteiger partial charge in [-0.15, -0.1) is 11.3 Å². The molecule has 2 heterocycles. The normalized spacial score (nSPS) is 21.0. The molecule has 1 unspecified atom stereocenters. The van der Waals surface area contributed by atoms with Crippen LogP contribution in [-0.2, 0) is 11.2 Å². The van der Waals surface area contributed by atoms with Crippen LogP contribution in [0.5, 0.6) is 0 Å². The molecule has 0 spiro atoms. The van der Waals surface area contributed by atoms with Crippen LogP contribution < -0.4 is 5.32 Å². The zero-order valence-electron chi connectivity index (χ0n) is 9.16. The van der Waals surface area contributed by atoms with Crippen LogP contribution in [0.1, 0.15) is 17.1 Å². The van der Waals surface area contributed by atoms with E-state index >= 15 is 0 Å². The lowest BCUT2D eigenvalue weighted by Crippen LogP contribution is -2.25. The SMILES string of the molecule is Cc1nc(CCNCC2CCOC2)cs1.